The van der Waals surface area contributed by atoms with Gasteiger partial charge < -0.3 is 9.88 Å². The molecule has 3 nitrogen and oxygen atoms in total. The monoisotopic (exact) mass is 264 g/mol. The highest BCUT2D eigenvalue weighted by Crippen LogP contribution is 2.20. The van der Waals surface area contributed by atoms with Gasteiger partial charge in [-0.2, -0.15) is 0 Å². The normalized spacial score (nSPS) is 10.6. The van der Waals surface area contributed by atoms with Gasteiger partial charge in [0.1, 0.15) is 17.3 Å². The van der Waals surface area contributed by atoms with Gasteiger partial charge in [0.2, 0.25) is 0 Å². The van der Waals surface area contributed by atoms with Crippen molar-refractivity contribution in [2.24, 2.45) is 7.05 Å². The molecule has 0 aliphatic heterocycles. The maximum Gasteiger partial charge on any atom is 0.257 e. The zero-order chi connectivity index (χ0) is 14.2. The Bertz CT molecular complexity index is 627. The van der Waals surface area contributed by atoms with Crippen molar-refractivity contribution in [3.05, 3.63) is 52.9 Å². The Hall–Kier alpha value is -2.17. The van der Waals surface area contributed by atoms with Crippen LogP contribution >= 0.6 is 0 Å². The lowest BCUT2D eigenvalue weighted by Gasteiger charge is -2.07. The van der Waals surface area contributed by atoms with E-state index in [-0.39, 0.29) is 0 Å². The number of aromatic nitrogens is 1. The van der Waals surface area contributed by atoms with Crippen molar-refractivity contribution >= 4 is 11.6 Å². The molecule has 100 valence electrons. The number of hydrogen-bond acceptors (Lipinski definition) is 1. The van der Waals surface area contributed by atoms with Gasteiger partial charge in [0.05, 0.1) is 5.56 Å². The number of hydrogen-bond donors (Lipinski definition) is 1. The van der Waals surface area contributed by atoms with Gasteiger partial charge in [0.15, 0.2) is 0 Å². The van der Waals surface area contributed by atoms with Crippen molar-refractivity contribution in [3.8, 4) is 0 Å². The summed E-state index contributed by atoms with van der Waals surface area (Å²) in [7, 11) is 1.82. The van der Waals surface area contributed by atoms with Gasteiger partial charge in [0, 0.05) is 18.4 Å². The van der Waals surface area contributed by atoms with Crippen molar-refractivity contribution < 1.29 is 13.6 Å². The first-order valence-corrected chi connectivity index (χ1v) is 5.80. The minimum Gasteiger partial charge on any atom is -0.351 e. The number of amides is 1. The van der Waals surface area contributed by atoms with E-state index >= 15 is 0 Å². The van der Waals surface area contributed by atoms with Gasteiger partial charge in [-0.25, -0.2) is 8.78 Å². The lowest BCUT2D eigenvalue weighted by molar-refractivity contribution is 0.102. The maximum atomic E-state index is 13.5. The summed E-state index contributed by atoms with van der Waals surface area (Å²) >= 11 is 0. The standard InChI is InChI=1S/C14H14F2N2O/c1-8-7-10(9(2)18(8)3)14(19)17-13-11(15)5-4-6-12(13)16/h4-7H,1-3H3,(H,17,19). The molecule has 19 heavy (non-hydrogen) atoms. The third kappa shape index (κ3) is 2.36. The van der Waals surface area contributed by atoms with Gasteiger partial charge in [0.25, 0.3) is 5.91 Å². The van der Waals surface area contributed by atoms with Crippen LogP contribution in [0.1, 0.15) is 21.7 Å². The number of benzene rings is 1. The van der Waals surface area contributed by atoms with Crippen LogP contribution in [-0.2, 0) is 7.05 Å². The molecule has 2 rings (SSSR count). The van der Waals surface area contributed by atoms with Crippen molar-refractivity contribution in [2.75, 3.05) is 5.32 Å². The molecule has 0 aliphatic carbocycles. The molecular weight excluding hydrogens is 250 g/mol. The van der Waals surface area contributed by atoms with E-state index in [2.05, 4.69) is 5.32 Å². The molecular formula is C14H14F2N2O. The van der Waals surface area contributed by atoms with Gasteiger partial charge in [-0.1, -0.05) is 6.07 Å². The van der Waals surface area contributed by atoms with Crippen LogP contribution in [0.4, 0.5) is 14.5 Å². The molecule has 0 radical (unpaired) electrons. The van der Waals surface area contributed by atoms with Crippen molar-refractivity contribution in [2.45, 2.75) is 13.8 Å². The first-order valence-electron chi connectivity index (χ1n) is 5.80. The molecule has 0 saturated carbocycles. The SMILES string of the molecule is Cc1cc(C(=O)Nc2c(F)cccc2F)c(C)n1C. The highest BCUT2D eigenvalue weighted by atomic mass is 19.1. The van der Waals surface area contributed by atoms with Crippen molar-refractivity contribution in [3.63, 3.8) is 0 Å². The molecule has 2 aromatic rings. The van der Waals surface area contributed by atoms with E-state index in [4.69, 9.17) is 0 Å². The summed E-state index contributed by atoms with van der Waals surface area (Å²) in [6, 6.07) is 5.13. The van der Waals surface area contributed by atoms with Gasteiger partial charge >= 0.3 is 0 Å². The third-order valence-electron chi connectivity index (χ3n) is 3.22. The summed E-state index contributed by atoms with van der Waals surface area (Å²) in [5, 5.41) is 2.27. The van der Waals surface area contributed by atoms with Crippen LogP contribution in [0.25, 0.3) is 0 Å². The quantitative estimate of drug-likeness (QED) is 0.888. The fourth-order valence-corrected chi connectivity index (χ4v) is 1.88. The molecule has 0 aliphatic rings. The molecule has 5 heteroatoms. The van der Waals surface area contributed by atoms with E-state index in [1.165, 1.54) is 6.07 Å². The summed E-state index contributed by atoms with van der Waals surface area (Å²) in [6.45, 7) is 3.63. The van der Waals surface area contributed by atoms with Crippen molar-refractivity contribution in [1.29, 1.82) is 0 Å². The second kappa shape index (κ2) is 4.84. The number of halogens is 2. The van der Waals surface area contributed by atoms with Crippen LogP contribution in [0.15, 0.2) is 24.3 Å². The molecule has 0 spiro atoms. The second-order valence-corrected chi connectivity index (χ2v) is 4.39. The average Bonchev–Trinajstić information content (AvgIpc) is 2.62. The first-order chi connectivity index (χ1) is 8.91. The summed E-state index contributed by atoms with van der Waals surface area (Å²) in [6.07, 6.45) is 0. The Kier molecular flexibility index (Phi) is 3.38. The molecule has 0 atom stereocenters. The van der Waals surface area contributed by atoms with E-state index in [9.17, 15) is 13.6 Å². The first kappa shape index (κ1) is 13.3. The number of carbonyl (C=O) groups is 1. The maximum absolute atomic E-state index is 13.5. The lowest BCUT2D eigenvalue weighted by Crippen LogP contribution is -2.15. The molecule has 0 fully saturated rings. The zero-order valence-electron chi connectivity index (χ0n) is 10.9. The van der Waals surface area contributed by atoms with Crippen LogP contribution < -0.4 is 5.32 Å². The molecule has 1 amide bonds. The minimum absolute atomic E-state index is 0.405. The van der Waals surface area contributed by atoms with E-state index in [1.807, 2.05) is 18.5 Å². The summed E-state index contributed by atoms with van der Waals surface area (Å²) in [4.78, 5) is 12.0. The van der Waals surface area contributed by atoms with Crippen LogP contribution in [-0.4, -0.2) is 10.5 Å². The summed E-state index contributed by atoms with van der Waals surface area (Å²) < 4.78 is 28.7. The van der Waals surface area contributed by atoms with Gasteiger partial charge in [-0.3, -0.25) is 4.79 Å². The largest absolute Gasteiger partial charge is 0.351 e. The molecule has 1 aromatic carbocycles. The summed E-state index contributed by atoms with van der Waals surface area (Å²) in [5.74, 6) is -2.11. The minimum atomic E-state index is -0.793. The highest BCUT2D eigenvalue weighted by molar-refractivity contribution is 6.05. The number of para-hydroxylation sites is 1. The Morgan fingerprint density at radius 3 is 2.26 bits per heavy atom. The Morgan fingerprint density at radius 2 is 1.79 bits per heavy atom. The number of rotatable bonds is 2. The average molecular weight is 264 g/mol. The van der Waals surface area contributed by atoms with Crippen molar-refractivity contribution in [1.82, 2.24) is 4.57 Å². The van der Waals surface area contributed by atoms with Crippen LogP contribution in [0, 0.1) is 25.5 Å². The van der Waals surface area contributed by atoms with E-state index < -0.39 is 23.2 Å². The second-order valence-electron chi connectivity index (χ2n) is 4.39. The molecule has 0 saturated heterocycles. The Labute approximate surface area is 109 Å². The van der Waals surface area contributed by atoms with E-state index in [0.717, 1.165) is 23.5 Å². The highest BCUT2D eigenvalue weighted by Gasteiger charge is 2.17. The third-order valence-corrected chi connectivity index (χ3v) is 3.22. The van der Waals surface area contributed by atoms with Gasteiger partial charge in [-0.15, -0.1) is 0 Å². The van der Waals surface area contributed by atoms with Crippen LogP contribution in [0.3, 0.4) is 0 Å². The fourth-order valence-electron chi connectivity index (χ4n) is 1.88. The predicted molar refractivity (Wildman–Crippen MR) is 69.2 cm³/mol. The fraction of sp³-hybridized carbons (Fsp3) is 0.214. The Balaban J connectivity index is 2.34. The van der Waals surface area contributed by atoms with Gasteiger partial charge in [-0.05, 0) is 32.0 Å². The number of carbonyl (C=O) groups excluding carboxylic acids is 1. The predicted octanol–water partition coefficient (Wildman–Crippen LogP) is 3.17. The summed E-state index contributed by atoms with van der Waals surface area (Å²) in [5.41, 5.74) is 1.62. The topological polar surface area (TPSA) is 34.0 Å². The number of nitrogens with one attached hydrogen (secondary N) is 1. The molecule has 0 bridgehead atoms. The number of aryl methyl sites for hydroxylation is 1. The smallest absolute Gasteiger partial charge is 0.257 e. The van der Waals surface area contributed by atoms with E-state index in [1.54, 1.807) is 13.0 Å². The molecule has 0 unspecified atom stereocenters. The van der Waals surface area contributed by atoms with E-state index in [0.29, 0.717) is 5.56 Å². The molecule has 1 heterocycles. The molecule has 1 N–H and O–H groups in total. The van der Waals surface area contributed by atoms with Crippen LogP contribution in [0.5, 0.6) is 0 Å². The lowest BCUT2D eigenvalue weighted by atomic mass is 10.2. The molecule has 1 aromatic heterocycles. The number of anilines is 1. The van der Waals surface area contributed by atoms with Crippen LogP contribution in [0.2, 0.25) is 0 Å². The number of nitrogens with zero attached hydrogens (tertiary/aromatic N) is 1. The Morgan fingerprint density at radius 1 is 1.21 bits per heavy atom. The zero-order valence-corrected chi connectivity index (χ0v) is 10.9.